The molecule has 1 aromatic heterocycles. The van der Waals surface area contributed by atoms with Gasteiger partial charge < -0.3 is 20.7 Å². The highest BCUT2D eigenvalue weighted by atomic mass is 16.5. The summed E-state index contributed by atoms with van der Waals surface area (Å²) in [6, 6.07) is 17.4. The average molecular weight is 474 g/mol. The van der Waals surface area contributed by atoms with Crippen LogP contribution in [-0.4, -0.2) is 50.5 Å². The first-order chi connectivity index (χ1) is 16.8. The number of ether oxygens (including phenoxy) is 1. The molecule has 182 valence electrons. The number of fused-ring (bicyclic) bond motifs is 1. The zero-order valence-electron chi connectivity index (χ0n) is 20.5. The van der Waals surface area contributed by atoms with E-state index >= 15 is 0 Å². The van der Waals surface area contributed by atoms with E-state index in [1.807, 2.05) is 56.4 Å². The third-order valence-electron chi connectivity index (χ3n) is 4.99. The van der Waals surface area contributed by atoms with Gasteiger partial charge in [-0.3, -0.25) is 9.59 Å². The number of aldehydes is 1. The van der Waals surface area contributed by atoms with Gasteiger partial charge in [0.05, 0.1) is 24.6 Å². The monoisotopic (exact) mass is 473 g/mol. The van der Waals surface area contributed by atoms with Gasteiger partial charge in [-0.15, -0.1) is 0 Å². The standard InChI is InChI=1S/C21H17N3O2.C6H14N2O/c1-14(11-22)12-23-21-18-10-16(19-5-3-4-17(13-25)24-19)7-6-15(18)8-9-20(21)26-2;1-5(4-7-3)8-6(2)9/h3-10,13,23H,1,12H2,2H3;5,7H,4H2,1-3H3,(H,8,9). The van der Waals surface area contributed by atoms with Gasteiger partial charge in [-0.25, -0.2) is 4.98 Å². The lowest BCUT2D eigenvalue weighted by molar-refractivity contribution is -0.119. The van der Waals surface area contributed by atoms with Crippen LogP contribution in [0.1, 0.15) is 24.3 Å². The molecule has 1 atom stereocenters. The number of anilines is 1. The molecule has 1 heterocycles. The predicted molar refractivity (Wildman–Crippen MR) is 140 cm³/mol. The molecule has 1 unspecified atom stereocenters. The predicted octanol–water partition coefficient (Wildman–Crippen LogP) is 3.94. The molecule has 0 spiro atoms. The Kier molecular flexibility index (Phi) is 10.4. The molecular weight excluding hydrogens is 442 g/mol. The second-order valence-electron chi connectivity index (χ2n) is 7.87. The van der Waals surface area contributed by atoms with Crippen LogP contribution in [0.3, 0.4) is 0 Å². The van der Waals surface area contributed by atoms with E-state index in [1.54, 1.807) is 19.2 Å². The first kappa shape index (κ1) is 27.0. The lowest BCUT2D eigenvalue weighted by Gasteiger charge is -2.15. The normalized spacial score (nSPS) is 10.8. The lowest BCUT2D eigenvalue weighted by Crippen LogP contribution is -2.37. The Morgan fingerprint density at radius 1 is 1.26 bits per heavy atom. The number of methoxy groups -OCH3 is 1. The van der Waals surface area contributed by atoms with Crippen LogP contribution in [0.15, 0.2) is 60.7 Å². The minimum Gasteiger partial charge on any atom is -0.495 e. The van der Waals surface area contributed by atoms with Crippen LogP contribution < -0.4 is 20.7 Å². The van der Waals surface area contributed by atoms with Crippen LogP contribution in [0.5, 0.6) is 5.75 Å². The van der Waals surface area contributed by atoms with Crippen molar-refractivity contribution < 1.29 is 14.3 Å². The Morgan fingerprint density at radius 3 is 2.63 bits per heavy atom. The first-order valence-corrected chi connectivity index (χ1v) is 11.1. The highest BCUT2D eigenvalue weighted by molar-refractivity contribution is 5.99. The van der Waals surface area contributed by atoms with Gasteiger partial charge in [-0.2, -0.15) is 5.26 Å². The van der Waals surface area contributed by atoms with Gasteiger partial charge in [0.25, 0.3) is 0 Å². The quantitative estimate of drug-likeness (QED) is 0.318. The molecule has 35 heavy (non-hydrogen) atoms. The summed E-state index contributed by atoms with van der Waals surface area (Å²) in [5.41, 5.74) is 3.20. The van der Waals surface area contributed by atoms with Gasteiger partial charge in [0.15, 0.2) is 6.29 Å². The van der Waals surface area contributed by atoms with Gasteiger partial charge in [0, 0.05) is 42.6 Å². The fourth-order valence-corrected chi connectivity index (χ4v) is 3.43. The summed E-state index contributed by atoms with van der Waals surface area (Å²) in [5, 5.41) is 19.8. The summed E-state index contributed by atoms with van der Waals surface area (Å²) in [7, 11) is 3.46. The van der Waals surface area contributed by atoms with Crippen molar-refractivity contribution in [2.75, 3.05) is 32.6 Å². The number of hydrogen-bond acceptors (Lipinski definition) is 7. The van der Waals surface area contributed by atoms with E-state index in [-0.39, 0.29) is 11.9 Å². The highest BCUT2D eigenvalue weighted by Crippen LogP contribution is 2.35. The van der Waals surface area contributed by atoms with Gasteiger partial charge in [0.1, 0.15) is 11.4 Å². The second-order valence-corrected chi connectivity index (χ2v) is 7.87. The number of amides is 1. The van der Waals surface area contributed by atoms with Gasteiger partial charge in [-0.1, -0.05) is 30.8 Å². The number of benzene rings is 2. The molecule has 1 amide bonds. The van der Waals surface area contributed by atoms with E-state index < -0.39 is 0 Å². The summed E-state index contributed by atoms with van der Waals surface area (Å²) in [4.78, 5) is 25.7. The van der Waals surface area contributed by atoms with Crippen molar-refractivity contribution in [3.05, 3.63) is 66.4 Å². The zero-order chi connectivity index (χ0) is 25.8. The van der Waals surface area contributed by atoms with Gasteiger partial charge in [0.2, 0.25) is 5.91 Å². The van der Waals surface area contributed by atoms with Crippen LogP contribution in [-0.2, 0) is 4.79 Å². The number of nitrogens with zero attached hydrogens (tertiary/aromatic N) is 2. The molecule has 3 rings (SSSR count). The van der Waals surface area contributed by atoms with Crippen LogP contribution in [0.4, 0.5) is 5.69 Å². The summed E-state index contributed by atoms with van der Waals surface area (Å²) in [5.74, 6) is 0.702. The molecule has 8 nitrogen and oxygen atoms in total. The number of nitrogens with one attached hydrogen (secondary N) is 3. The molecule has 0 saturated heterocycles. The van der Waals surface area contributed by atoms with E-state index in [0.717, 1.165) is 34.9 Å². The maximum atomic E-state index is 11.0. The van der Waals surface area contributed by atoms with E-state index in [1.165, 1.54) is 6.92 Å². The smallest absolute Gasteiger partial charge is 0.217 e. The maximum Gasteiger partial charge on any atom is 0.217 e. The second kappa shape index (κ2) is 13.5. The Balaban J connectivity index is 0.000000410. The molecule has 0 saturated carbocycles. The van der Waals surface area contributed by atoms with Crippen molar-refractivity contribution >= 4 is 28.7 Å². The van der Waals surface area contributed by atoms with Crippen molar-refractivity contribution in [1.82, 2.24) is 15.6 Å². The van der Waals surface area contributed by atoms with Crippen LogP contribution in [0.25, 0.3) is 22.0 Å². The Bertz CT molecular complexity index is 1230. The molecule has 3 N–H and O–H groups in total. The molecule has 3 aromatic rings. The molecule has 0 aliphatic heterocycles. The Labute approximate surface area is 206 Å². The number of carbonyl (C=O) groups excluding carboxylic acids is 2. The van der Waals surface area contributed by atoms with E-state index in [0.29, 0.717) is 29.3 Å². The Morgan fingerprint density at radius 2 is 2.00 bits per heavy atom. The topological polar surface area (TPSA) is 116 Å². The van der Waals surface area contributed by atoms with Crippen molar-refractivity contribution in [3.8, 4) is 23.1 Å². The Hall–Kier alpha value is -4.22. The summed E-state index contributed by atoms with van der Waals surface area (Å²) in [6.45, 7) is 8.32. The average Bonchev–Trinajstić information content (AvgIpc) is 2.86. The van der Waals surface area contributed by atoms with Gasteiger partial charge >= 0.3 is 0 Å². The van der Waals surface area contributed by atoms with E-state index in [4.69, 9.17) is 10.00 Å². The number of hydrogen-bond donors (Lipinski definition) is 3. The number of rotatable bonds is 9. The molecule has 0 bridgehead atoms. The van der Waals surface area contributed by atoms with Crippen molar-refractivity contribution in [2.45, 2.75) is 19.9 Å². The molecule has 0 fully saturated rings. The maximum absolute atomic E-state index is 11.0. The number of nitriles is 1. The fourth-order valence-electron chi connectivity index (χ4n) is 3.43. The third kappa shape index (κ3) is 7.95. The van der Waals surface area contributed by atoms with Crippen molar-refractivity contribution in [1.29, 1.82) is 5.26 Å². The molecule has 0 radical (unpaired) electrons. The molecule has 0 aliphatic carbocycles. The minimum atomic E-state index is 0.0257. The van der Waals surface area contributed by atoms with E-state index in [9.17, 15) is 9.59 Å². The van der Waals surface area contributed by atoms with Crippen LogP contribution in [0, 0.1) is 11.3 Å². The third-order valence-corrected chi connectivity index (χ3v) is 4.99. The highest BCUT2D eigenvalue weighted by Gasteiger charge is 2.11. The van der Waals surface area contributed by atoms with Gasteiger partial charge in [-0.05, 0) is 43.6 Å². The molecule has 0 aliphatic rings. The molecule has 8 heteroatoms. The minimum absolute atomic E-state index is 0.0257. The van der Waals surface area contributed by atoms with E-state index in [2.05, 4.69) is 27.5 Å². The summed E-state index contributed by atoms with van der Waals surface area (Å²) < 4.78 is 5.46. The van der Waals surface area contributed by atoms with Crippen molar-refractivity contribution in [2.24, 2.45) is 0 Å². The lowest BCUT2D eigenvalue weighted by atomic mass is 10.0. The van der Waals surface area contributed by atoms with Crippen LogP contribution in [0.2, 0.25) is 0 Å². The molecule has 2 aromatic carbocycles. The first-order valence-electron chi connectivity index (χ1n) is 11.1. The van der Waals surface area contributed by atoms with Crippen molar-refractivity contribution in [3.63, 3.8) is 0 Å². The summed E-state index contributed by atoms with van der Waals surface area (Å²) in [6.07, 6.45) is 0.730. The summed E-state index contributed by atoms with van der Waals surface area (Å²) >= 11 is 0. The number of likely N-dealkylation sites (N-methyl/N-ethyl adjacent to an activating group) is 1. The number of aromatic nitrogens is 1. The largest absolute Gasteiger partial charge is 0.495 e. The zero-order valence-corrected chi connectivity index (χ0v) is 20.5. The molecular formula is C27H31N5O3. The number of carbonyl (C=O) groups is 2. The SMILES string of the molecule is C=C(C#N)CNc1c(OC)ccc2ccc(-c3cccc(C=O)n3)cc12.CNCC(C)NC(C)=O. The number of pyridine rings is 1. The fraction of sp³-hybridized carbons (Fsp3) is 0.259. The van der Waals surface area contributed by atoms with Crippen LogP contribution >= 0.6 is 0 Å².